The number of hydrogen-bond donors (Lipinski definition) is 1. The van der Waals surface area contributed by atoms with Crippen molar-refractivity contribution in [1.82, 2.24) is 15.0 Å². The van der Waals surface area contributed by atoms with Crippen molar-refractivity contribution in [3.8, 4) is 11.9 Å². The molecular weight excluding hydrogens is 357 g/mol. The first kappa shape index (κ1) is 19.0. The van der Waals surface area contributed by atoms with Gasteiger partial charge in [-0.3, -0.25) is 4.79 Å². The number of hydrogen-bond acceptors (Lipinski definition) is 4. The number of aromatic nitrogens is 2. The summed E-state index contributed by atoms with van der Waals surface area (Å²) in [5.74, 6) is -0.661. The molecule has 3 aromatic rings. The number of carbonyl (C=O) groups excluding carboxylic acids is 1. The number of nitriles is 1. The summed E-state index contributed by atoms with van der Waals surface area (Å²) in [5.41, 5.74) is 6.05. The molecule has 140 valence electrons. The Labute approximate surface area is 162 Å². The molecule has 28 heavy (non-hydrogen) atoms. The summed E-state index contributed by atoms with van der Waals surface area (Å²) >= 11 is 0. The fraction of sp³-hybridized carbons (Fsp3) is 0.143. The number of amides is 1. The van der Waals surface area contributed by atoms with E-state index in [-0.39, 0.29) is 11.1 Å². The van der Waals surface area contributed by atoms with Gasteiger partial charge in [-0.2, -0.15) is 10.4 Å². The predicted molar refractivity (Wildman–Crippen MR) is 104 cm³/mol. The monoisotopic (exact) mass is 375 g/mol. The van der Waals surface area contributed by atoms with E-state index in [1.165, 1.54) is 18.3 Å². The Kier molecular flexibility index (Phi) is 5.32. The highest BCUT2D eigenvalue weighted by atomic mass is 19.1. The van der Waals surface area contributed by atoms with Crippen molar-refractivity contribution in [3.63, 3.8) is 0 Å². The molecule has 0 saturated heterocycles. The van der Waals surface area contributed by atoms with Crippen LogP contribution in [-0.2, 0) is 0 Å². The quantitative estimate of drug-likeness (QED) is 0.559. The van der Waals surface area contributed by atoms with E-state index in [4.69, 9.17) is 5.26 Å². The van der Waals surface area contributed by atoms with Gasteiger partial charge in [0.15, 0.2) is 0 Å². The number of aryl methyl sites for hydroxylation is 2. The number of pyridine rings is 1. The molecular formula is C21H18FN5O. The van der Waals surface area contributed by atoms with Gasteiger partial charge in [0, 0.05) is 23.1 Å². The first-order valence-electron chi connectivity index (χ1n) is 8.55. The first-order valence-corrected chi connectivity index (χ1v) is 8.55. The minimum absolute atomic E-state index is 0.148. The van der Waals surface area contributed by atoms with Gasteiger partial charge in [-0.1, -0.05) is 6.07 Å². The molecule has 0 saturated carbocycles. The Balaban J connectivity index is 1.78. The minimum atomic E-state index is -0.768. The molecule has 0 aliphatic carbocycles. The van der Waals surface area contributed by atoms with E-state index in [0.29, 0.717) is 0 Å². The summed E-state index contributed by atoms with van der Waals surface area (Å²) in [4.78, 5) is 16.5. The smallest absolute Gasteiger partial charge is 0.274 e. The van der Waals surface area contributed by atoms with Crippen molar-refractivity contribution in [2.45, 2.75) is 20.8 Å². The first-order chi connectivity index (χ1) is 13.4. The van der Waals surface area contributed by atoms with Crippen LogP contribution in [0.1, 0.15) is 38.4 Å². The Morgan fingerprint density at radius 3 is 2.68 bits per heavy atom. The van der Waals surface area contributed by atoms with Crippen LogP contribution < -0.4 is 5.43 Å². The molecule has 1 N–H and O–H groups in total. The Morgan fingerprint density at radius 1 is 1.25 bits per heavy atom. The van der Waals surface area contributed by atoms with Gasteiger partial charge in [-0.15, -0.1) is 0 Å². The van der Waals surface area contributed by atoms with Crippen molar-refractivity contribution >= 4 is 12.1 Å². The van der Waals surface area contributed by atoms with Crippen LogP contribution in [-0.4, -0.2) is 21.7 Å². The van der Waals surface area contributed by atoms with Crippen molar-refractivity contribution < 1.29 is 9.18 Å². The molecule has 0 aliphatic rings. The summed E-state index contributed by atoms with van der Waals surface area (Å²) < 4.78 is 15.9. The highest BCUT2D eigenvalue weighted by molar-refractivity contribution is 5.95. The lowest BCUT2D eigenvalue weighted by atomic mass is 10.1. The molecule has 0 fully saturated rings. The SMILES string of the molecule is Cc1ccc(-n2c(C)cc(/C=N\NC(=O)c3ccc(C#N)cc3F)c2C)nc1. The van der Waals surface area contributed by atoms with E-state index in [0.717, 1.165) is 34.4 Å². The van der Waals surface area contributed by atoms with Gasteiger partial charge in [0.25, 0.3) is 5.91 Å². The molecule has 3 rings (SSSR count). The Hall–Kier alpha value is -3.79. The number of benzene rings is 1. The topological polar surface area (TPSA) is 83.1 Å². The summed E-state index contributed by atoms with van der Waals surface area (Å²) in [6.07, 6.45) is 3.31. The third kappa shape index (κ3) is 3.81. The van der Waals surface area contributed by atoms with E-state index < -0.39 is 11.7 Å². The Morgan fingerprint density at radius 2 is 2.04 bits per heavy atom. The maximum absolute atomic E-state index is 13.9. The van der Waals surface area contributed by atoms with Gasteiger partial charge in [0.05, 0.1) is 23.4 Å². The standard InChI is InChI=1S/C21H18FN5O/c1-13-4-7-20(24-11-13)27-14(2)8-17(15(27)3)12-25-26-21(28)18-6-5-16(10-23)9-19(18)22/h4-9,11-12H,1-3H3,(H,26,28)/b25-12-. The number of nitrogens with one attached hydrogen (secondary N) is 1. The third-order valence-corrected chi connectivity index (χ3v) is 4.31. The van der Waals surface area contributed by atoms with Crippen molar-refractivity contribution in [3.05, 3.63) is 82.1 Å². The van der Waals surface area contributed by atoms with Crippen LogP contribution in [0, 0.1) is 37.9 Å². The van der Waals surface area contributed by atoms with E-state index in [2.05, 4.69) is 15.5 Å². The van der Waals surface area contributed by atoms with Gasteiger partial charge in [-0.05, 0) is 56.7 Å². The number of carbonyl (C=O) groups is 1. The second-order valence-corrected chi connectivity index (χ2v) is 6.36. The van der Waals surface area contributed by atoms with Gasteiger partial charge in [0.2, 0.25) is 0 Å². The maximum atomic E-state index is 13.9. The lowest BCUT2D eigenvalue weighted by Gasteiger charge is -2.08. The zero-order valence-electron chi connectivity index (χ0n) is 15.7. The lowest BCUT2D eigenvalue weighted by molar-refractivity contribution is 0.0951. The molecule has 0 bridgehead atoms. The van der Waals surface area contributed by atoms with Crippen molar-refractivity contribution in [2.24, 2.45) is 5.10 Å². The van der Waals surface area contributed by atoms with Crippen LogP contribution in [0.2, 0.25) is 0 Å². The second-order valence-electron chi connectivity index (χ2n) is 6.36. The molecule has 2 heterocycles. The van der Waals surface area contributed by atoms with Crippen LogP contribution in [0.4, 0.5) is 4.39 Å². The van der Waals surface area contributed by atoms with E-state index in [9.17, 15) is 9.18 Å². The fourth-order valence-electron chi connectivity index (χ4n) is 2.85. The van der Waals surface area contributed by atoms with E-state index in [1.54, 1.807) is 6.20 Å². The van der Waals surface area contributed by atoms with Gasteiger partial charge in [-0.25, -0.2) is 14.8 Å². The van der Waals surface area contributed by atoms with Crippen LogP contribution in [0.5, 0.6) is 0 Å². The second kappa shape index (κ2) is 7.84. The number of hydrazone groups is 1. The highest BCUT2D eigenvalue weighted by Crippen LogP contribution is 2.18. The zero-order chi connectivity index (χ0) is 20.3. The third-order valence-electron chi connectivity index (χ3n) is 4.31. The molecule has 2 aromatic heterocycles. The minimum Gasteiger partial charge on any atom is -0.303 e. The average molecular weight is 375 g/mol. The molecule has 0 unspecified atom stereocenters. The van der Waals surface area contributed by atoms with Gasteiger partial charge < -0.3 is 4.57 Å². The maximum Gasteiger partial charge on any atom is 0.274 e. The normalized spacial score (nSPS) is 10.8. The average Bonchev–Trinajstić information content (AvgIpc) is 2.96. The molecule has 0 radical (unpaired) electrons. The predicted octanol–water partition coefficient (Wildman–Crippen LogP) is 3.57. The van der Waals surface area contributed by atoms with Crippen molar-refractivity contribution in [1.29, 1.82) is 5.26 Å². The fourth-order valence-corrected chi connectivity index (χ4v) is 2.85. The molecule has 0 spiro atoms. The molecule has 6 nitrogen and oxygen atoms in total. The van der Waals surface area contributed by atoms with Gasteiger partial charge in [0.1, 0.15) is 11.6 Å². The summed E-state index contributed by atoms with van der Waals surface area (Å²) in [6, 6.07) is 11.3. The lowest BCUT2D eigenvalue weighted by Crippen LogP contribution is -2.19. The number of rotatable bonds is 4. The highest BCUT2D eigenvalue weighted by Gasteiger charge is 2.13. The molecule has 0 atom stereocenters. The van der Waals surface area contributed by atoms with E-state index >= 15 is 0 Å². The van der Waals surface area contributed by atoms with Gasteiger partial charge >= 0.3 is 0 Å². The molecule has 1 aromatic carbocycles. The molecule has 1 amide bonds. The summed E-state index contributed by atoms with van der Waals surface area (Å²) in [7, 11) is 0. The van der Waals surface area contributed by atoms with Crippen LogP contribution in [0.3, 0.4) is 0 Å². The number of nitrogens with zero attached hydrogens (tertiary/aromatic N) is 4. The molecule has 0 aliphatic heterocycles. The van der Waals surface area contributed by atoms with E-state index in [1.807, 2.05) is 49.6 Å². The van der Waals surface area contributed by atoms with Crippen LogP contribution in [0.25, 0.3) is 5.82 Å². The largest absolute Gasteiger partial charge is 0.303 e. The summed E-state index contributed by atoms with van der Waals surface area (Å²) in [5, 5.41) is 12.7. The van der Waals surface area contributed by atoms with Crippen molar-refractivity contribution in [2.75, 3.05) is 0 Å². The molecule has 7 heteroatoms. The Bertz CT molecular complexity index is 1110. The van der Waals surface area contributed by atoms with Crippen LogP contribution in [0.15, 0.2) is 47.7 Å². The zero-order valence-corrected chi connectivity index (χ0v) is 15.7. The van der Waals surface area contributed by atoms with Crippen LogP contribution >= 0.6 is 0 Å². The number of halogens is 1. The summed E-state index contributed by atoms with van der Waals surface area (Å²) in [6.45, 7) is 5.86.